The van der Waals surface area contributed by atoms with Crippen LogP contribution in [0.3, 0.4) is 0 Å². The minimum absolute atomic E-state index is 0.0334. The van der Waals surface area contributed by atoms with E-state index in [1.54, 1.807) is 44.6 Å². The Hall–Kier alpha value is -3.68. The molecule has 1 aliphatic rings. The molecule has 0 radical (unpaired) electrons. The molecule has 2 heterocycles. The topological polar surface area (TPSA) is 76.6 Å². The number of nitrogens with zero attached hydrogens (tertiary/aromatic N) is 3. The molecule has 1 amide bonds. The van der Waals surface area contributed by atoms with Crippen molar-refractivity contribution < 1.29 is 18.7 Å². The fraction of sp³-hybridized carbons (Fsp3) is 0.292. The SMILES string of the molecule is COc1ccc(OC)c(NC(=O)C2CCN(c3ccc(-c4ccc(F)cc4)nn3)CC2)c1. The lowest BCUT2D eigenvalue weighted by atomic mass is 9.95. The fourth-order valence-electron chi connectivity index (χ4n) is 3.79. The van der Waals surface area contributed by atoms with Crippen molar-refractivity contribution in [2.45, 2.75) is 12.8 Å². The molecule has 7 nitrogen and oxygen atoms in total. The molecular formula is C24H25FN4O3. The molecule has 1 aliphatic heterocycles. The summed E-state index contributed by atoms with van der Waals surface area (Å²) < 4.78 is 23.7. The number of hydrogen-bond acceptors (Lipinski definition) is 6. The summed E-state index contributed by atoms with van der Waals surface area (Å²) in [4.78, 5) is 14.9. The minimum atomic E-state index is -0.282. The Bertz CT molecular complexity index is 1070. The van der Waals surface area contributed by atoms with Gasteiger partial charge in [-0.15, -0.1) is 10.2 Å². The van der Waals surface area contributed by atoms with Crippen LogP contribution in [0.5, 0.6) is 11.5 Å². The van der Waals surface area contributed by atoms with Crippen molar-refractivity contribution in [3.63, 3.8) is 0 Å². The van der Waals surface area contributed by atoms with Gasteiger partial charge >= 0.3 is 0 Å². The second kappa shape index (κ2) is 9.64. The van der Waals surface area contributed by atoms with E-state index < -0.39 is 0 Å². The van der Waals surface area contributed by atoms with Crippen molar-refractivity contribution in [1.82, 2.24) is 10.2 Å². The first-order valence-electron chi connectivity index (χ1n) is 10.4. The molecule has 0 bridgehead atoms. The van der Waals surface area contributed by atoms with Gasteiger partial charge in [0.25, 0.3) is 0 Å². The molecule has 32 heavy (non-hydrogen) atoms. The zero-order valence-electron chi connectivity index (χ0n) is 18.0. The number of benzene rings is 2. The average Bonchev–Trinajstić information content (AvgIpc) is 2.84. The number of ether oxygens (including phenoxy) is 2. The number of piperidine rings is 1. The van der Waals surface area contributed by atoms with E-state index in [4.69, 9.17) is 9.47 Å². The molecule has 8 heteroatoms. The van der Waals surface area contributed by atoms with Gasteiger partial charge in [0.1, 0.15) is 17.3 Å². The summed E-state index contributed by atoms with van der Waals surface area (Å²) in [6, 6.07) is 15.3. The lowest BCUT2D eigenvalue weighted by Crippen LogP contribution is -2.38. The number of carbonyl (C=O) groups excluding carboxylic acids is 1. The van der Waals surface area contributed by atoms with E-state index in [0.717, 1.165) is 11.4 Å². The molecular weight excluding hydrogens is 411 g/mol. The van der Waals surface area contributed by atoms with Crippen molar-refractivity contribution in [2.24, 2.45) is 5.92 Å². The Morgan fingerprint density at radius 3 is 2.38 bits per heavy atom. The van der Waals surface area contributed by atoms with Crippen molar-refractivity contribution in [1.29, 1.82) is 0 Å². The Kier molecular flexibility index (Phi) is 6.49. The second-order valence-corrected chi connectivity index (χ2v) is 7.60. The minimum Gasteiger partial charge on any atom is -0.497 e. The number of hydrogen-bond donors (Lipinski definition) is 1. The first-order chi connectivity index (χ1) is 15.6. The highest BCUT2D eigenvalue weighted by molar-refractivity contribution is 5.94. The number of anilines is 2. The third-order valence-electron chi connectivity index (χ3n) is 5.64. The quantitative estimate of drug-likeness (QED) is 0.626. The number of methoxy groups -OCH3 is 2. The summed E-state index contributed by atoms with van der Waals surface area (Å²) in [6.07, 6.45) is 1.42. The van der Waals surface area contributed by atoms with Crippen molar-refractivity contribution in [3.8, 4) is 22.8 Å². The molecule has 0 atom stereocenters. The van der Waals surface area contributed by atoms with E-state index in [2.05, 4.69) is 20.4 Å². The summed E-state index contributed by atoms with van der Waals surface area (Å²) >= 11 is 0. The summed E-state index contributed by atoms with van der Waals surface area (Å²) in [7, 11) is 3.15. The van der Waals surface area contributed by atoms with E-state index in [-0.39, 0.29) is 17.6 Å². The molecule has 0 spiro atoms. The maximum atomic E-state index is 13.1. The van der Waals surface area contributed by atoms with Crippen LogP contribution >= 0.6 is 0 Å². The Balaban J connectivity index is 1.36. The summed E-state index contributed by atoms with van der Waals surface area (Å²) in [6.45, 7) is 1.41. The van der Waals surface area contributed by atoms with Crippen molar-refractivity contribution in [3.05, 3.63) is 60.4 Å². The van der Waals surface area contributed by atoms with Gasteiger partial charge < -0.3 is 19.7 Å². The molecule has 0 aliphatic carbocycles. The number of carbonyl (C=O) groups is 1. The maximum absolute atomic E-state index is 13.1. The molecule has 166 valence electrons. The van der Waals surface area contributed by atoms with Crippen LogP contribution in [0.1, 0.15) is 12.8 Å². The highest BCUT2D eigenvalue weighted by Crippen LogP contribution is 2.30. The molecule has 1 fully saturated rings. The van der Waals surface area contributed by atoms with Crippen molar-refractivity contribution in [2.75, 3.05) is 37.5 Å². The smallest absolute Gasteiger partial charge is 0.227 e. The van der Waals surface area contributed by atoms with Crippen LogP contribution in [0, 0.1) is 11.7 Å². The van der Waals surface area contributed by atoms with Crippen LogP contribution in [0.15, 0.2) is 54.6 Å². The van der Waals surface area contributed by atoms with Gasteiger partial charge in [-0.2, -0.15) is 0 Å². The van der Waals surface area contributed by atoms with Crippen LogP contribution < -0.4 is 19.7 Å². The Morgan fingerprint density at radius 1 is 1.00 bits per heavy atom. The summed E-state index contributed by atoms with van der Waals surface area (Å²) in [5.41, 5.74) is 2.10. The molecule has 0 unspecified atom stereocenters. The molecule has 4 rings (SSSR count). The van der Waals surface area contributed by atoms with Gasteiger partial charge in [0.2, 0.25) is 5.91 Å². The van der Waals surface area contributed by atoms with Gasteiger partial charge in [0, 0.05) is 30.6 Å². The molecule has 1 N–H and O–H groups in total. The summed E-state index contributed by atoms with van der Waals surface area (Å²) in [5, 5.41) is 11.6. The number of rotatable bonds is 6. The highest BCUT2D eigenvalue weighted by Gasteiger charge is 2.26. The van der Waals surface area contributed by atoms with Gasteiger partial charge in [-0.1, -0.05) is 0 Å². The maximum Gasteiger partial charge on any atom is 0.227 e. The van der Waals surface area contributed by atoms with Crippen molar-refractivity contribution >= 4 is 17.4 Å². The van der Waals surface area contributed by atoms with Gasteiger partial charge in [-0.3, -0.25) is 4.79 Å². The van der Waals surface area contributed by atoms with Crippen LogP contribution in [-0.4, -0.2) is 43.4 Å². The highest BCUT2D eigenvalue weighted by atomic mass is 19.1. The van der Waals surface area contributed by atoms with E-state index in [1.165, 1.54) is 12.1 Å². The predicted molar refractivity (Wildman–Crippen MR) is 121 cm³/mol. The van der Waals surface area contributed by atoms with Crippen LogP contribution in [0.25, 0.3) is 11.3 Å². The monoisotopic (exact) mass is 436 g/mol. The van der Waals surface area contributed by atoms with Crippen LogP contribution in [0.2, 0.25) is 0 Å². The first kappa shape index (κ1) is 21.5. The first-order valence-corrected chi connectivity index (χ1v) is 10.4. The molecule has 1 aromatic heterocycles. The zero-order valence-corrected chi connectivity index (χ0v) is 18.0. The van der Waals surface area contributed by atoms with Crippen LogP contribution in [-0.2, 0) is 4.79 Å². The van der Waals surface area contributed by atoms with E-state index in [9.17, 15) is 9.18 Å². The van der Waals surface area contributed by atoms with Gasteiger partial charge in [0.05, 0.1) is 25.6 Å². The Labute approximate surface area is 186 Å². The number of aromatic nitrogens is 2. The second-order valence-electron chi connectivity index (χ2n) is 7.60. The normalized spacial score (nSPS) is 14.2. The third kappa shape index (κ3) is 4.80. The number of nitrogens with one attached hydrogen (secondary N) is 1. The number of amides is 1. The predicted octanol–water partition coefficient (Wildman–Crippen LogP) is 4.16. The third-order valence-corrected chi connectivity index (χ3v) is 5.64. The largest absolute Gasteiger partial charge is 0.497 e. The summed E-state index contributed by atoms with van der Waals surface area (Å²) in [5.74, 6) is 1.59. The van der Waals surface area contributed by atoms with Gasteiger partial charge in [0.15, 0.2) is 5.82 Å². The molecule has 3 aromatic rings. The lowest BCUT2D eigenvalue weighted by molar-refractivity contribution is -0.120. The average molecular weight is 436 g/mol. The molecule has 0 saturated carbocycles. The zero-order chi connectivity index (χ0) is 22.5. The van der Waals surface area contributed by atoms with E-state index >= 15 is 0 Å². The lowest BCUT2D eigenvalue weighted by Gasteiger charge is -2.32. The molecule has 2 aromatic carbocycles. The van der Waals surface area contributed by atoms with Crippen LogP contribution in [0.4, 0.5) is 15.9 Å². The Morgan fingerprint density at radius 2 is 1.75 bits per heavy atom. The van der Waals surface area contributed by atoms with E-state index in [0.29, 0.717) is 48.8 Å². The molecule has 1 saturated heterocycles. The fourth-order valence-corrected chi connectivity index (χ4v) is 3.79. The van der Waals surface area contributed by atoms with Gasteiger partial charge in [-0.05, 0) is 61.4 Å². The van der Waals surface area contributed by atoms with Gasteiger partial charge in [-0.25, -0.2) is 4.39 Å². The standard InChI is InChI=1S/C24H25FN4O3/c1-31-19-7-9-22(32-2)21(15-19)26-24(30)17-11-13-29(14-12-17)23-10-8-20(27-28-23)16-3-5-18(25)6-4-16/h3-10,15,17H,11-14H2,1-2H3,(H,26,30). The van der Waals surface area contributed by atoms with E-state index in [1.807, 2.05) is 12.1 Å². The number of halogens is 1.